The standard InChI is InChI=1S/C13H16N4O2/c1-4-10-6-14-17(3)13(10)12-5-11(7-19-8-18)15-9(2)16-12/h5-6,8H,4,7H2,1-3H3. The van der Waals surface area contributed by atoms with Crippen molar-refractivity contribution in [2.45, 2.75) is 26.9 Å². The first-order chi connectivity index (χ1) is 9.15. The number of hydrogen-bond donors (Lipinski definition) is 0. The van der Waals surface area contributed by atoms with Crippen molar-refractivity contribution in [3.63, 3.8) is 0 Å². The maximum Gasteiger partial charge on any atom is 0.293 e. The zero-order valence-corrected chi connectivity index (χ0v) is 11.3. The van der Waals surface area contributed by atoms with Gasteiger partial charge in [-0.2, -0.15) is 5.10 Å². The lowest BCUT2D eigenvalue weighted by molar-refractivity contribution is -0.129. The van der Waals surface area contributed by atoms with E-state index >= 15 is 0 Å². The van der Waals surface area contributed by atoms with Crippen molar-refractivity contribution in [2.24, 2.45) is 7.05 Å². The van der Waals surface area contributed by atoms with Crippen LogP contribution in [0.4, 0.5) is 0 Å². The van der Waals surface area contributed by atoms with E-state index in [1.54, 1.807) is 4.68 Å². The summed E-state index contributed by atoms with van der Waals surface area (Å²) in [7, 11) is 1.88. The number of ether oxygens (including phenoxy) is 1. The van der Waals surface area contributed by atoms with Crippen LogP contribution in [0.1, 0.15) is 24.0 Å². The van der Waals surface area contributed by atoms with Crippen LogP contribution in [-0.4, -0.2) is 26.2 Å². The first-order valence-corrected chi connectivity index (χ1v) is 6.06. The van der Waals surface area contributed by atoms with Crippen molar-refractivity contribution >= 4 is 6.47 Å². The van der Waals surface area contributed by atoms with E-state index in [0.717, 1.165) is 23.4 Å². The van der Waals surface area contributed by atoms with E-state index in [-0.39, 0.29) is 6.61 Å². The molecular weight excluding hydrogens is 244 g/mol. The molecule has 0 aliphatic rings. The first-order valence-electron chi connectivity index (χ1n) is 6.06. The predicted molar refractivity (Wildman–Crippen MR) is 69.2 cm³/mol. The minimum Gasteiger partial charge on any atom is -0.461 e. The van der Waals surface area contributed by atoms with Gasteiger partial charge < -0.3 is 4.74 Å². The fourth-order valence-electron chi connectivity index (χ4n) is 2.02. The van der Waals surface area contributed by atoms with Gasteiger partial charge in [-0.1, -0.05) is 6.92 Å². The SMILES string of the molecule is CCc1cnn(C)c1-c1cc(COC=O)nc(C)n1. The Labute approximate surface area is 111 Å². The van der Waals surface area contributed by atoms with Crippen LogP contribution in [0, 0.1) is 6.92 Å². The lowest BCUT2D eigenvalue weighted by Gasteiger charge is -2.07. The molecule has 2 rings (SSSR count). The van der Waals surface area contributed by atoms with E-state index in [1.807, 2.05) is 26.2 Å². The molecule has 6 nitrogen and oxygen atoms in total. The van der Waals surface area contributed by atoms with Crippen LogP contribution in [0.25, 0.3) is 11.4 Å². The second-order valence-electron chi connectivity index (χ2n) is 4.19. The Morgan fingerprint density at radius 3 is 2.89 bits per heavy atom. The summed E-state index contributed by atoms with van der Waals surface area (Å²) in [4.78, 5) is 18.9. The first kappa shape index (κ1) is 13.2. The third-order valence-electron chi connectivity index (χ3n) is 2.83. The van der Waals surface area contributed by atoms with Gasteiger partial charge in [-0.15, -0.1) is 0 Å². The normalized spacial score (nSPS) is 10.5. The Morgan fingerprint density at radius 2 is 2.21 bits per heavy atom. The number of carbonyl (C=O) groups excluding carboxylic acids is 1. The Hall–Kier alpha value is -2.24. The number of aromatic nitrogens is 4. The Morgan fingerprint density at radius 1 is 1.42 bits per heavy atom. The molecule has 2 aromatic heterocycles. The van der Waals surface area contributed by atoms with Crippen molar-refractivity contribution in [3.05, 3.63) is 29.3 Å². The minimum atomic E-state index is 0.152. The molecule has 0 bridgehead atoms. The molecule has 100 valence electrons. The summed E-state index contributed by atoms with van der Waals surface area (Å²) >= 11 is 0. The molecule has 6 heteroatoms. The van der Waals surface area contributed by atoms with Crippen LogP contribution in [0.5, 0.6) is 0 Å². The highest BCUT2D eigenvalue weighted by atomic mass is 16.5. The molecule has 0 unspecified atom stereocenters. The fourth-order valence-corrected chi connectivity index (χ4v) is 2.02. The third kappa shape index (κ3) is 2.78. The van der Waals surface area contributed by atoms with Gasteiger partial charge in [0, 0.05) is 7.05 Å². The van der Waals surface area contributed by atoms with Crippen LogP contribution in [0.2, 0.25) is 0 Å². The average molecular weight is 260 g/mol. The number of hydrogen-bond acceptors (Lipinski definition) is 5. The molecule has 2 heterocycles. The molecular formula is C13H16N4O2. The van der Waals surface area contributed by atoms with Gasteiger partial charge in [0.25, 0.3) is 6.47 Å². The molecule has 0 aromatic carbocycles. The molecule has 0 aliphatic heterocycles. The maximum atomic E-state index is 10.3. The van der Waals surface area contributed by atoms with Crippen LogP contribution < -0.4 is 0 Å². The van der Waals surface area contributed by atoms with Crippen molar-refractivity contribution in [2.75, 3.05) is 0 Å². The molecule has 0 atom stereocenters. The lowest BCUT2D eigenvalue weighted by atomic mass is 10.1. The highest BCUT2D eigenvalue weighted by Gasteiger charge is 2.13. The summed E-state index contributed by atoms with van der Waals surface area (Å²) < 4.78 is 6.54. The van der Waals surface area contributed by atoms with Gasteiger partial charge in [-0.05, 0) is 25.0 Å². The second kappa shape index (κ2) is 5.60. The van der Waals surface area contributed by atoms with Gasteiger partial charge in [0.2, 0.25) is 0 Å². The Bertz CT molecular complexity index is 592. The third-order valence-corrected chi connectivity index (χ3v) is 2.83. The monoisotopic (exact) mass is 260 g/mol. The van der Waals surface area contributed by atoms with Crippen molar-refractivity contribution < 1.29 is 9.53 Å². The molecule has 0 aliphatic carbocycles. The van der Waals surface area contributed by atoms with Crippen LogP contribution in [0.3, 0.4) is 0 Å². The summed E-state index contributed by atoms with van der Waals surface area (Å²) in [5.41, 5.74) is 3.58. The Kier molecular flexibility index (Phi) is 3.89. The molecule has 0 saturated carbocycles. The molecule has 0 fully saturated rings. The van der Waals surface area contributed by atoms with Crippen molar-refractivity contribution in [3.8, 4) is 11.4 Å². The molecule has 19 heavy (non-hydrogen) atoms. The molecule has 0 radical (unpaired) electrons. The summed E-state index contributed by atoms with van der Waals surface area (Å²) in [6, 6.07) is 1.83. The Balaban J connectivity index is 2.46. The largest absolute Gasteiger partial charge is 0.461 e. The summed E-state index contributed by atoms with van der Waals surface area (Å²) in [5.74, 6) is 0.644. The van der Waals surface area contributed by atoms with Gasteiger partial charge >= 0.3 is 0 Å². The van der Waals surface area contributed by atoms with Gasteiger partial charge in [0.05, 0.1) is 23.3 Å². The highest BCUT2D eigenvalue weighted by molar-refractivity contribution is 5.59. The fraction of sp³-hybridized carbons (Fsp3) is 0.385. The summed E-state index contributed by atoms with van der Waals surface area (Å²) in [6.45, 7) is 4.46. The van der Waals surface area contributed by atoms with Crippen LogP contribution in [-0.2, 0) is 29.6 Å². The van der Waals surface area contributed by atoms with E-state index in [4.69, 9.17) is 4.74 Å². The maximum absolute atomic E-state index is 10.3. The lowest BCUT2D eigenvalue weighted by Crippen LogP contribution is -2.03. The predicted octanol–water partition coefficient (Wildman–Crippen LogP) is 1.42. The summed E-state index contributed by atoms with van der Waals surface area (Å²) in [6.07, 6.45) is 2.72. The number of rotatable bonds is 5. The van der Waals surface area contributed by atoms with Gasteiger partial charge in [-0.3, -0.25) is 9.48 Å². The summed E-state index contributed by atoms with van der Waals surface area (Å²) in [5, 5.41) is 4.25. The van der Waals surface area contributed by atoms with E-state index in [0.29, 0.717) is 18.0 Å². The minimum absolute atomic E-state index is 0.152. The van der Waals surface area contributed by atoms with E-state index in [2.05, 4.69) is 22.0 Å². The smallest absolute Gasteiger partial charge is 0.293 e. The number of carbonyl (C=O) groups is 1. The van der Waals surface area contributed by atoms with Crippen molar-refractivity contribution in [1.82, 2.24) is 19.7 Å². The molecule has 0 N–H and O–H groups in total. The van der Waals surface area contributed by atoms with Crippen molar-refractivity contribution in [1.29, 1.82) is 0 Å². The quantitative estimate of drug-likeness (QED) is 0.760. The molecule has 0 saturated heterocycles. The number of nitrogens with zero attached hydrogens (tertiary/aromatic N) is 4. The number of aryl methyl sites for hydroxylation is 3. The molecule has 2 aromatic rings. The van der Waals surface area contributed by atoms with Gasteiger partial charge in [0.15, 0.2) is 0 Å². The topological polar surface area (TPSA) is 69.9 Å². The average Bonchev–Trinajstić information content (AvgIpc) is 2.77. The molecule has 0 spiro atoms. The van der Waals surface area contributed by atoms with Gasteiger partial charge in [0.1, 0.15) is 12.4 Å². The second-order valence-corrected chi connectivity index (χ2v) is 4.19. The van der Waals surface area contributed by atoms with Gasteiger partial charge in [-0.25, -0.2) is 9.97 Å². The zero-order valence-electron chi connectivity index (χ0n) is 11.3. The highest BCUT2D eigenvalue weighted by Crippen LogP contribution is 2.22. The zero-order chi connectivity index (χ0) is 13.8. The van der Waals surface area contributed by atoms with E-state index in [1.165, 1.54) is 0 Å². The van der Waals surface area contributed by atoms with E-state index in [9.17, 15) is 4.79 Å². The van der Waals surface area contributed by atoms with Crippen LogP contribution in [0.15, 0.2) is 12.3 Å². The van der Waals surface area contributed by atoms with Crippen LogP contribution >= 0.6 is 0 Å². The molecule has 0 amide bonds. The van der Waals surface area contributed by atoms with E-state index < -0.39 is 0 Å².